The topological polar surface area (TPSA) is 114 Å². The molecule has 0 aliphatic carbocycles. The van der Waals surface area contributed by atoms with E-state index in [1.165, 1.54) is 0 Å². The van der Waals surface area contributed by atoms with Gasteiger partial charge in [0.15, 0.2) is 5.65 Å². The Bertz CT molecular complexity index is 1300. The fourth-order valence-corrected chi connectivity index (χ4v) is 4.39. The molecule has 11 nitrogen and oxygen atoms in total. The first-order chi connectivity index (χ1) is 16.3. The summed E-state index contributed by atoms with van der Waals surface area (Å²) in [6.45, 7) is 5.12. The zero-order valence-electron chi connectivity index (χ0n) is 18.1. The Morgan fingerprint density at radius 1 is 0.970 bits per heavy atom. The SMILES string of the molecule is O=C(Cn1ncc2c(-c3cccc4[nH]ncc34)nc(N3CCOCC3)nc21)N1CCOCC1. The molecular formula is C22H24N8O3. The van der Waals surface area contributed by atoms with Crippen LogP contribution in [-0.2, 0) is 20.8 Å². The molecule has 2 aliphatic heterocycles. The van der Waals surface area contributed by atoms with Gasteiger partial charge in [0.2, 0.25) is 11.9 Å². The maximum absolute atomic E-state index is 12.9. The molecule has 0 radical (unpaired) electrons. The highest BCUT2D eigenvalue weighted by molar-refractivity contribution is 6.01. The van der Waals surface area contributed by atoms with E-state index < -0.39 is 0 Å². The fraction of sp³-hybridized carbons (Fsp3) is 0.409. The van der Waals surface area contributed by atoms with Gasteiger partial charge in [-0.05, 0) is 6.07 Å². The van der Waals surface area contributed by atoms with Gasteiger partial charge in [0.05, 0.1) is 55.4 Å². The molecule has 33 heavy (non-hydrogen) atoms. The second-order valence-corrected chi connectivity index (χ2v) is 8.14. The van der Waals surface area contributed by atoms with Gasteiger partial charge in [-0.3, -0.25) is 9.89 Å². The maximum Gasteiger partial charge on any atom is 0.244 e. The van der Waals surface area contributed by atoms with Gasteiger partial charge in [0.1, 0.15) is 6.54 Å². The first-order valence-corrected chi connectivity index (χ1v) is 11.1. The number of H-pyrrole nitrogens is 1. The third-order valence-corrected chi connectivity index (χ3v) is 6.17. The summed E-state index contributed by atoms with van der Waals surface area (Å²) in [5.41, 5.74) is 3.30. The highest BCUT2D eigenvalue weighted by Gasteiger charge is 2.23. The first-order valence-electron chi connectivity index (χ1n) is 11.1. The molecule has 11 heteroatoms. The third kappa shape index (κ3) is 3.68. The zero-order chi connectivity index (χ0) is 22.2. The highest BCUT2D eigenvalue weighted by Crippen LogP contribution is 2.33. The number of carbonyl (C=O) groups excluding carboxylic acids is 1. The molecule has 170 valence electrons. The van der Waals surface area contributed by atoms with Gasteiger partial charge in [-0.1, -0.05) is 12.1 Å². The molecule has 0 spiro atoms. The van der Waals surface area contributed by atoms with Crippen LogP contribution < -0.4 is 4.90 Å². The number of benzene rings is 1. The summed E-state index contributed by atoms with van der Waals surface area (Å²) in [4.78, 5) is 26.7. The van der Waals surface area contributed by atoms with Crippen molar-refractivity contribution in [3.05, 3.63) is 30.6 Å². The molecule has 2 fully saturated rings. The van der Waals surface area contributed by atoms with Crippen molar-refractivity contribution in [3.8, 4) is 11.3 Å². The van der Waals surface area contributed by atoms with Gasteiger partial charge in [-0.25, -0.2) is 9.67 Å². The Labute approximate surface area is 189 Å². The predicted molar refractivity (Wildman–Crippen MR) is 121 cm³/mol. The number of aromatic amines is 1. The molecule has 0 atom stereocenters. The molecule has 5 heterocycles. The van der Waals surface area contributed by atoms with E-state index >= 15 is 0 Å². The number of aromatic nitrogens is 6. The number of ether oxygens (including phenoxy) is 2. The number of amides is 1. The number of nitrogens with one attached hydrogen (secondary N) is 1. The van der Waals surface area contributed by atoms with Crippen LogP contribution in [0, 0.1) is 0 Å². The summed E-state index contributed by atoms with van der Waals surface area (Å²) in [7, 11) is 0. The average molecular weight is 448 g/mol. The summed E-state index contributed by atoms with van der Waals surface area (Å²) in [6, 6.07) is 5.99. The summed E-state index contributed by atoms with van der Waals surface area (Å²) >= 11 is 0. The minimum atomic E-state index is 0.00770. The lowest BCUT2D eigenvalue weighted by Gasteiger charge is -2.27. The lowest BCUT2D eigenvalue weighted by atomic mass is 10.1. The van der Waals surface area contributed by atoms with Crippen molar-refractivity contribution in [1.29, 1.82) is 0 Å². The Morgan fingerprint density at radius 3 is 2.58 bits per heavy atom. The second-order valence-electron chi connectivity index (χ2n) is 8.14. The minimum Gasteiger partial charge on any atom is -0.378 e. The fourth-order valence-electron chi connectivity index (χ4n) is 4.39. The van der Waals surface area contributed by atoms with Gasteiger partial charge in [0, 0.05) is 37.1 Å². The average Bonchev–Trinajstić information content (AvgIpc) is 3.52. The highest BCUT2D eigenvalue weighted by atomic mass is 16.5. The summed E-state index contributed by atoms with van der Waals surface area (Å²) in [6.07, 6.45) is 3.55. The monoisotopic (exact) mass is 448 g/mol. The number of hydrogen-bond acceptors (Lipinski definition) is 8. The Balaban J connectivity index is 1.46. The van der Waals surface area contributed by atoms with E-state index in [0.717, 1.165) is 27.5 Å². The largest absolute Gasteiger partial charge is 0.378 e. The normalized spacial score (nSPS) is 17.2. The molecule has 0 unspecified atom stereocenters. The number of hydrogen-bond donors (Lipinski definition) is 1. The van der Waals surface area contributed by atoms with Crippen molar-refractivity contribution in [3.63, 3.8) is 0 Å². The summed E-state index contributed by atoms with van der Waals surface area (Å²) in [5, 5.41) is 13.5. The molecule has 0 saturated carbocycles. The Hall–Kier alpha value is -3.57. The van der Waals surface area contributed by atoms with Crippen LogP contribution in [0.4, 0.5) is 5.95 Å². The lowest BCUT2D eigenvalue weighted by molar-refractivity contribution is -0.136. The van der Waals surface area contributed by atoms with Crippen molar-refractivity contribution in [2.45, 2.75) is 6.54 Å². The molecular weight excluding hydrogens is 424 g/mol. The van der Waals surface area contributed by atoms with E-state index in [2.05, 4.69) is 20.2 Å². The number of fused-ring (bicyclic) bond motifs is 2. The molecule has 1 aromatic carbocycles. The molecule has 4 aromatic rings. The van der Waals surface area contributed by atoms with Crippen molar-refractivity contribution in [2.24, 2.45) is 0 Å². The smallest absolute Gasteiger partial charge is 0.244 e. The van der Waals surface area contributed by atoms with E-state index in [9.17, 15) is 4.79 Å². The number of rotatable bonds is 4. The van der Waals surface area contributed by atoms with Crippen LogP contribution in [-0.4, -0.2) is 93.4 Å². The first kappa shape index (κ1) is 20.1. The van der Waals surface area contributed by atoms with E-state index in [1.54, 1.807) is 17.1 Å². The van der Waals surface area contributed by atoms with Crippen molar-refractivity contribution >= 4 is 33.8 Å². The van der Waals surface area contributed by atoms with Crippen LogP contribution in [0.1, 0.15) is 0 Å². The summed E-state index contributed by atoms with van der Waals surface area (Å²) in [5.74, 6) is 0.621. The molecule has 2 aliphatic rings. The molecule has 6 rings (SSSR count). The predicted octanol–water partition coefficient (Wildman–Crippen LogP) is 1.06. The molecule has 1 amide bonds. The van der Waals surface area contributed by atoms with Crippen LogP contribution in [0.25, 0.3) is 33.2 Å². The van der Waals surface area contributed by atoms with Crippen LogP contribution >= 0.6 is 0 Å². The molecule has 0 bridgehead atoms. The van der Waals surface area contributed by atoms with E-state index in [4.69, 9.17) is 19.4 Å². The summed E-state index contributed by atoms with van der Waals surface area (Å²) < 4.78 is 12.6. The van der Waals surface area contributed by atoms with Gasteiger partial charge >= 0.3 is 0 Å². The molecule has 1 N–H and O–H groups in total. The van der Waals surface area contributed by atoms with Gasteiger partial charge in [-0.15, -0.1) is 0 Å². The Kier molecular flexibility index (Phi) is 5.11. The van der Waals surface area contributed by atoms with E-state index in [0.29, 0.717) is 64.2 Å². The van der Waals surface area contributed by atoms with Gasteiger partial charge < -0.3 is 19.3 Å². The number of carbonyl (C=O) groups is 1. The standard InChI is InChI=1S/C22H24N8O3/c31-19(28-4-8-32-9-5-28)14-30-21-17(13-24-30)20(15-2-1-3-18-16(15)12-23-27-18)25-22(26-21)29-6-10-33-11-7-29/h1-3,12-13H,4-11,14H2,(H,23,27). The maximum atomic E-state index is 12.9. The number of morpholine rings is 2. The Morgan fingerprint density at radius 2 is 1.76 bits per heavy atom. The number of anilines is 1. The second kappa shape index (κ2) is 8.41. The van der Waals surface area contributed by atoms with Crippen molar-refractivity contribution in [1.82, 2.24) is 34.8 Å². The quantitative estimate of drug-likeness (QED) is 0.493. The molecule has 3 aromatic heterocycles. The van der Waals surface area contributed by atoms with Gasteiger partial charge in [0.25, 0.3) is 0 Å². The van der Waals surface area contributed by atoms with Crippen LogP contribution in [0.2, 0.25) is 0 Å². The van der Waals surface area contributed by atoms with Crippen LogP contribution in [0.3, 0.4) is 0 Å². The van der Waals surface area contributed by atoms with Crippen LogP contribution in [0.5, 0.6) is 0 Å². The van der Waals surface area contributed by atoms with Gasteiger partial charge in [-0.2, -0.15) is 15.2 Å². The van der Waals surface area contributed by atoms with Crippen molar-refractivity contribution in [2.75, 3.05) is 57.5 Å². The molecule has 2 saturated heterocycles. The number of nitrogens with zero attached hydrogens (tertiary/aromatic N) is 7. The minimum absolute atomic E-state index is 0.00770. The van der Waals surface area contributed by atoms with Crippen molar-refractivity contribution < 1.29 is 14.3 Å². The van der Waals surface area contributed by atoms with E-state index in [-0.39, 0.29) is 12.5 Å². The third-order valence-electron chi connectivity index (χ3n) is 6.17. The zero-order valence-corrected chi connectivity index (χ0v) is 18.1. The van der Waals surface area contributed by atoms with Crippen LogP contribution in [0.15, 0.2) is 30.6 Å². The lowest BCUT2D eigenvalue weighted by Crippen LogP contribution is -2.42. The van der Waals surface area contributed by atoms with E-state index in [1.807, 2.05) is 23.1 Å².